The van der Waals surface area contributed by atoms with E-state index in [1.165, 1.54) is 5.56 Å². The second-order valence-electron chi connectivity index (χ2n) is 13.7. The maximum absolute atomic E-state index is 6.66. The molecule has 6 nitrogen and oxygen atoms in total. The summed E-state index contributed by atoms with van der Waals surface area (Å²) in [6.07, 6.45) is 6.10. The van der Waals surface area contributed by atoms with E-state index in [0.29, 0.717) is 0 Å². The third kappa shape index (κ3) is 7.03. The van der Waals surface area contributed by atoms with Crippen molar-refractivity contribution in [2.24, 2.45) is 0 Å². The summed E-state index contributed by atoms with van der Waals surface area (Å²) in [5.41, 5.74) is 11.5. The monoisotopic (exact) mass is 711 g/mol. The highest BCUT2D eigenvalue weighted by atomic mass is 16.5. The van der Waals surface area contributed by atoms with Crippen molar-refractivity contribution in [1.29, 1.82) is 0 Å². The molecular weight excluding hydrogens is 673 g/mol. The number of hydrogen-bond donors (Lipinski definition) is 0. The highest BCUT2D eigenvalue weighted by Crippen LogP contribution is 2.31. The fourth-order valence-corrected chi connectivity index (χ4v) is 7.29. The fourth-order valence-electron chi connectivity index (χ4n) is 7.29. The van der Waals surface area contributed by atoms with Crippen molar-refractivity contribution in [3.8, 4) is 39.7 Å². The summed E-state index contributed by atoms with van der Waals surface area (Å²) in [5.74, 6) is 1.50. The molecule has 2 aromatic heterocycles. The molecule has 264 valence electrons. The molecule has 0 fully saturated rings. The minimum absolute atomic E-state index is 0.276. The number of para-hydroxylation sites is 1. The van der Waals surface area contributed by atoms with Gasteiger partial charge in [-0.05, 0) is 78.6 Å². The van der Waals surface area contributed by atoms with Gasteiger partial charge in [0.2, 0.25) is 0 Å². The first-order chi connectivity index (χ1) is 27.2. The summed E-state index contributed by atoms with van der Waals surface area (Å²) >= 11 is 0. The molecule has 0 radical (unpaired) electrons. The quantitative estimate of drug-likeness (QED) is 0.133. The van der Waals surface area contributed by atoms with Gasteiger partial charge in [0.1, 0.15) is 11.5 Å². The summed E-state index contributed by atoms with van der Waals surface area (Å²) in [6, 6.07) is 62.7. The Morgan fingerprint density at radius 3 is 1.87 bits per heavy atom. The summed E-state index contributed by atoms with van der Waals surface area (Å²) in [4.78, 5) is 9.45. The van der Waals surface area contributed by atoms with Gasteiger partial charge in [-0.3, -0.25) is 4.98 Å². The minimum Gasteiger partial charge on any atom is -0.457 e. The van der Waals surface area contributed by atoms with Crippen LogP contribution in [0.1, 0.15) is 5.56 Å². The van der Waals surface area contributed by atoms with Crippen molar-refractivity contribution < 1.29 is 4.74 Å². The lowest BCUT2D eigenvalue weighted by molar-refractivity contribution is 0.483. The Morgan fingerprint density at radius 1 is 0.545 bits per heavy atom. The van der Waals surface area contributed by atoms with Gasteiger partial charge in [-0.15, -0.1) is 0 Å². The highest BCUT2D eigenvalue weighted by molar-refractivity contribution is 6.96. The number of pyridine rings is 1. The Kier molecular flexibility index (Phi) is 9.25. The zero-order chi connectivity index (χ0) is 37.0. The molecule has 0 bridgehead atoms. The number of aromatic nitrogens is 3. The number of anilines is 2. The van der Waals surface area contributed by atoms with Crippen LogP contribution in [0, 0.1) is 6.92 Å². The van der Waals surface area contributed by atoms with E-state index < -0.39 is 0 Å². The van der Waals surface area contributed by atoms with Crippen LogP contribution < -0.4 is 31.1 Å². The van der Waals surface area contributed by atoms with Crippen molar-refractivity contribution in [2.75, 3.05) is 16.5 Å². The molecule has 0 saturated heterocycles. The van der Waals surface area contributed by atoms with Gasteiger partial charge in [-0.25, -0.2) is 4.68 Å². The molecule has 0 unspecified atom stereocenters. The highest BCUT2D eigenvalue weighted by Gasteiger charge is 2.34. The molecule has 9 rings (SSSR count). The average Bonchev–Trinajstić information content (AvgIpc) is 3.90. The molecule has 1 aliphatic rings. The van der Waals surface area contributed by atoms with Crippen molar-refractivity contribution in [1.82, 2.24) is 14.8 Å². The normalized spacial score (nSPS) is 12.2. The molecule has 55 heavy (non-hydrogen) atoms. The fraction of sp³-hybridized carbons (Fsp3) is 0.0417. The predicted molar refractivity (Wildman–Crippen MR) is 226 cm³/mol. The molecule has 6 aromatic carbocycles. The van der Waals surface area contributed by atoms with Crippen LogP contribution >= 0.6 is 0 Å². The third-order valence-corrected chi connectivity index (χ3v) is 9.96. The molecule has 7 heteroatoms. The standard InChI is InChI=1S/C48H38BN5O/c1-36-26-28-40(29-27-36)52-31-32-53(35-52)42-22-14-24-44(34-42)55-43-23-13-19-39(33-43)49(45-25-11-12-30-50-45)46-47(37-15-5-2-6-16-37)51-54(41-20-9-4-10-21-41)48(46)38-17-7-3-8-18-38/h2-34H,35H2,1H3. The summed E-state index contributed by atoms with van der Waals surface area (Å²) in [5, 5.41) is 5.41. The number of rotatable bonds is 10. The van der Waals surface area contributed by atoms with Crippen LogP contribution in [-0.2, 0) is 0 Å². The Bertz CT molecular complexity index is 2560. The van der Waals surface area contributed by atoms with Gasteiger partial charge >= 0.3 is 0 Å². The summed E-state index contributed by atoms with van der Waals surface area (Å²) in [7, 11) is 0. The maximum atomic E-state index is 6.66. The number of nitrogens with zero attached hydrogens (tertiary/aromatic N) is 5. The lowest BCUT2D eigenvalue weighted by Crippen LogP contribution is -2.54. The number of ether oxygens (including phenoxy) is 1. The van der Waals surface area contributed by atoms with Crippen LogP contribution in [-0.4, -0.2) is 28.1 Å². The van der Waals surface area contributed by atoms with Crippen LogP contribution in [0.15, 0.2) is 201 Å². The van der Waals surface area contributed by atoms with Gasteiger partial charge in [-0.2, -0.15) is 5.10 Å². The molecule has 0 N–H and O–H groups in total. The second-order valence-corrected chi connectivity index (χ2v) is 13.7. The topological polar surface area (TPSA) is 46.4 Å². The van der Waals surface area contributed by atoms with Crippen molar-refractivity contribution in [3.63, 3.8) is 0 Å². The van der Waals surface area contributed by atoms with E-state index in [2.05, 4.69) is 179 Å². The average molecular weight is 712 g/mol. The molecule has 1 aliphatic heterocycles. The van der Waals surface area contributed by atoms with Gasteiger partial charge < -0.3 is 14.5 Å². The molecule has 0 saturated carbocycles. The van der Waals surface area contributed by atoms with E-state index in [1.54, 1.807) is 0 Å². The lowest BCUT2D eigenvalue weighted by atomic mass is 9.37. The molecule has 0 aliphatic carbocycles. The van der Waals surface area contributed by atoms with Gasteiger partial charge in [0.15, 0.2) is 0 Å². The van der Waals surface area contributed by atoms with Crippen molar-refractivity contribution >= 4 is 34.6 Å². The Balaban J connectivity index is 1.13. The van der Waals surface area contributed by atoms with Crippen LogP contribution in [0.5, 0.6) is 11.5 Å². The van der Waals surface area contributed by atoms with Crippen LogP contribution in [0.25, 0.3) is 28.2 Å². The lowest BCUT2D eigenvalue weighted by Gasteiger charge is -2.22. The SMILES string of the molecule is Cc1ccc(N2C=CN(c3cccc(Oc4cccc(B(c5ccccn5)c5c(-c6ccccc6)nn(-c6ccccc6)c5-c5ccccc5)c4)c3)C2)cc1. The minimum atomic E-state index is -0.276. The Labute approximate surface area is 322 Å². The molecule has 3 heterocycles. The van der Waals surface area contributed by atoms with E-state index in [9.17, 15) is 0 Å². The van der Waals surface area contributed by atoms with Gasteiger partial charge in [0.05, 0.1) is 23.7 Å². The Hall–Kier alpha value is -7.12. The number of hydrogen-bond acceptors (Lipinski definition) is 5. The zero-order valence-electron chi connectivity index (χ0n) is 30.5. The smallest absolute Gasteiger partial charge is 0.270 e. The third-order valence-electron chi connectivity index (χ3n) is 9.96. The van der Waals surface area contributed by atoms with Gasteiger partial charge in [0, 0.05) is 47.2 Å². The number of aryl methyl sites for hydroxylation is 1. The van der Waals surface area contributed by atoms with Gasteiger partial charge in [0.25, 0.3) is 6.71 Å². The van der Waals surface area contributed by atoms with E-state index in [0.717, 1.165) is 74.3 Å². The first-order valence-corrected chi connectivity index (χ1v) is 18.5. The van der Waals surface area contributed by atoms with E-state index >= 15 is 0 Å². The largest absolute Gasteiger partial charge is 0.457 e. The Morgan fingerprint density at radius 2 is 1.16 bits per heavy atom. The van der Waals surface area contributed by atoms with Crippen molar-refractivity contribution in [3.05, 3.63) is 206 Å². The van der Waals surface area contributed by atoms with Crippen LogP contribution in [0.2, 0.25) is 0 Å². The van der Waals surface area contributed by atoms with Crippen LogP contribution in [0.4, 0.5) is 11.4 Å². The molecule has 8 aromatic rings. The predicted octanol–water partition coefficient (Wildman–Crippen LogP) is 8.97. The number of benzene rings is 6. The zero-order valence-corrected chi connectivity index (χ0v) is 30.5. The second kappa shape index (κ2) is 15.1. The summed E-state index contributed by atoms with van der Waals surface area (Å²) < 4.78 is 8.75. The van der Waals surface area contributed by atoms with E-state index in [-0.39, 0.29) is 6.71 Å². The molecule has 0 spiro atoms. The summed E-state index contributed by atoms with van der Waals surface area (Å²) in [6.45, 7) is 2.55. The van der Waals surface area contributed by atoms with Crippen LogP contribution in [0.3, 0.4) is 0 Å². The first-order valence-electron chi connectivity index (χ1n) is 18.5. The first kappa shape index (κ1) is 33.7. The molecule has 0 atom stereocenters. The maximum Gasteiger partial charge on any atom is 0.270 e. The van der Waals surface area contributed by atoms with E-state index in [4.69, 9.17) is 14.8 Å². The molecular formula is C48H38BN5O. The van der Waals surface area contributed by atoms with Gasteiger partial charge in [-0.1, -0.05) is 126 Å². The van der Waals surface area contributed by atoms with Crippen molar-refractivity contribution in [2.45, 2.75) is 6.92 Å². The van der Waals surface area contributed by atoms with E-state index in [1.807, 2.05) is 42.6 Å². The molecule has 0 amide bonds.